The molecule has 2 aromatic rings. The van der Waals surface area contributed by atoms with Crippen LogP contribution in [0.25, 0.3) is 0 Å². The summed E-state index contributed by atoms with van der Waals surface area (Å²) in [6, 6.07) is 15.0. The number of anilines is 2. The Bertz CT molecular complexity index is 697. The van der Waals surface area contributed by atoms with E-state index in [0.717, 1.165) is 17.2 Å². The zero-order valence-corrected chi connectivity index (χ0v) is 15.9. The molecule has 0 bridgehead atoms. The maximum atomic E-state index is 12.1. The fourth-order valence-electron chi connectivity index (χ4n) is 2.24. The summed E-state index contributed by atoms with van der Waals surface area (Å²) < 4.78 is 11.3. The van der Waals surface area contributed by atoms with E-state index in [1.54, 1.807) is 0 Å². The van der Waals surface area contributed by atoms with Gasteiger partial charge in [0.1, 0.15) is 11.5 Å². The van der Waals surface area contributed by atoms with E-state index in [1.807, 2.05) is 62.4 Å². The van der Waals surface area contributed by atoms with Crippen LogP contribution in [0.5, 0.6) is 11.5 Å². The van der Waals surface area contributed by atoms with Gasteiger partial charge in [-0.3, -0.25) is 4.79 Å². The molecule has 5 nitrogen and oxygen atoms in total. The molecule has 2 N–H and O–H groups in total. The van der Waals surface area contributed by atoms with Crippen LogP contribution in [0.4, 0.5) is 11.4 Å². The van der Waals surface area contributed by atoms with Crippen molar-refractivity contribution in [1.29, 1.82) is 0 Å². The van der Waals surface area contributed by atoms with E-state index in [1.165, 1.54) is 0 Å². The van der Waals surface area contributed by atoms with E-state index in [0.29, 0.717) is 18.2 Å². The van der Waals surface area contributed by atoms with Gasteiger partial charge in [-0.05, 0) is 56.2 Å². The molecule has 0 aliphatic rings. The Kier molecular flexibility index (Phi) is 7.33. The summed E-state index contributed by atoms with van der Waals surface area (Å²) in [6.45, 7) is 9.03. The molecule has 26 heavy (non-hydrogen) atoms. The quantitative estimate of drug-likeness (QED) is 0.691. The summed E-state index contributed by atoms with van der Waals surface area (Å²) in [5.74, 6) is 1.94. The van der Waals surface area contributed by atoms with Crippen molar-refractivity contribution in [3.05, 3.63) is 48.5 Å². The lowest BCUT2D eigenvalue weighted by atomic mass is 10.2. The van der Waals surface area contributed by atoms with Crippen LogP contribution in [-0.4, -0.2) is 25.2 Å². The summed E-state index contributed by atoms with van der Waals surface area (Å²) in [7, 11) is 0. The van der Waals surface area contributed by atoms with Gasteiger partial charge in [-0.1, -0.05) is 19.9 Å². The smallest absolute Gasteiger partial charge is 0.243 e. The maximum Gasteiger partial charge on any atom is 0.243 e. The molecular formula is C21H28N2O3. The van der Waals surface area contributed by atoms with Crippen LogP contribution in [0, 0.1) is 5.92 Å². The Hall–Kier alpha value is -2.69. The van der Waals surface area contributed by atoms with Crippen LogP contribution >= 0.6 is 0 Å². The van der Waals surface area contributed by atoms with E-state index < -0.39 is 0 Å². The number of benzene rings is 2. The van der Waals surface area contributed by atoms with Gasteiger partial charge < -0.3 is 20.1 Å². The van der Waals surface area contributed by atoms with E-state index in [9.17, 15) is 4.79 Å². The molecule has 0 aromatic heterocycles. The molecular weight excluding hydrogens is 328 g/mol. The highest BCUT2D eigenvalue weighted by Gasteiger charge is 2.05. The number of carbonyl (C=O) groups excluding carboxylic acids is 1. The van der Waals surface area contributed by atoms with Gasteiger partial charge in [0, 0.05) is 17.4 Å². The van der Waals surface area contributed by atoms with Gasteiger partial charge in [0.25, 0.3) is 0 Å². The zero-order chi connectivity index (χ0) is 18.9. The van der Waals surface area contributed by atoms with Gasteiger partial charge in [-0.25, -0.2) is 0 Å². The van der Waals surface area contributed by atoms with Gasteiger partial charge in [0.2, 0.25) is 5.91 Å². The van der Waals surface area contributed by atoms with Crippen molar-refractivity contribution in [2.45, 2.75) is 33.8 Å². The molecule has 0 spiro atoms. The Morgan fingerprint density at radius 3 is 2.35 bits per heavy atom. The standard InChI is InChI=1S/C21H28N2O3/c1-15(2)14-25-19-10-8-17(9-11-19)22-13-21(24)23-18-6-5-7-20(12-18)26-16(3)4/h5-12,15-16,22H,13-14H2,1-4H3,(H,23,24). The molecule has 0 aliphatic carbocycles. The average Bonchev–Trinajstić information content (AvgIpc) is 2.59. The first kappa shape index (κ1) is 19.6. The lowest BCUT2D eigenvalue weighted by Crippen LogP contribution is -2.21. The average molecular weight is 356 g/mol. The summed E-state index contributed by atoms with van der Waals surface area (Å²) in [5, 5.41) is 5.97. The van der Waals surface area contributed by atoms with Crippen molar-refractivity contribution in [3.63, 3.8) is 0 Å². The zero-order valence-electron chi connectivity index (χ0n) is 15.9. The predicted molar refractivity (Wildman–Crippen MR) is 106 cm³/mol. The molecule has 0 unspecified atom stereocenters. The second-order valence-electron chi connectivity index (χ2n) is 6.83. The third-order valence-electron chi connectivity index (χ3n) is 3.38. The highest BCUT2D eigenvalue weighted by atomic mass is 16.5. The molecule has 0 aliphatic heterocycles. The summed E-state index contributed by atoms with van der Waals surface area (Å²) in [5.41, 5.74) is 1.58. The number of hydrogen-bond acceptors (Lipinski definition) is 4. The van der Waals surface area contributed by atoms with E-state index in [2.05, 4.69) is 24.5 Å². The molecule has 0 fully saturated rings. The van der Waals surface area contributed by atoms with Crippen molar-refractivity contribution in [2.24, 2.45) is 5.92 Å². The SMILES string of the molecule is CC(C)COc1ccc(NCC(=O)Nc2cccc(OC(C)C)c2)cc1. The van der Waals surface area contributed by atoms with Crippen LogP contribution in [0.2, 0.25) is 0 Å². The molecule has 2 rings (SSSR count). The minimum Gasteiger partial charge on any atom is -0.493 e. The number of rotatable bonds is 9. The number of carbonyl (C=O) groups is 1. The van der Waals surface area contributed by atoms with E-state index in [-0.39, 0.29) is 18.6 Å². The van der Waals surface area contributed by atoms with Crippen LogP contribution in [-0.2, 0) is 4.79 Å². The van der Waals surface area contributed by atoms with Crippen LogP contribution in [0.1, 0.15) is 27.7 Å². The first-order chi connectivity index (χ1) is 12.4. The van der Waals surface area contributed by atoms with Gasteiger partial charge in [-0.15, -0.1) is 0 Å². The Labute approximate surface area is 155 Å². The molecule has 5 heteroatoms. The van der Waals surface area contributed by atoms with Gasteiger partial charge in [-0.2, -0.15) is 0 Å². The Morgan fingerprint density at radius 1 is 0.962 bits per heavy atom. The molecule has 0 atom stereocenters. The number of ether oxygens (including phenoxy) is 2. The topological polar surface area (TPSA) is 59.6 Å². The van der Waals surface area contributed by atoms with Crippen LogP contribution < -0.4 is 20.1 Å². The summed E-state index contributed by atoms with van der Waals surface area (Å²) in [4.78, 5) is 12.1. The first-order valence-corrected chi connectivity index (χ1v) is 8.95. The second kappa shape index (κ2) is 9.70. The molecule has 0 heterocycles. The fourth-order valence-corrected chi connectivity index (χ4v) is 2.24. The van der Waals surface area contributed by atoms with Crippen LogP contribution in [0.3, 0.4) is 0 Å². The minimum atomic E-state index is -0.119. The predicted octanol–water partition coefficient (Wildman–Crippen LogP) is 4.56. The molecule has 140 valence electrons. The first-order valence-electron chi connectivity index (χ1n) is 8.95. The van der Waals surface area contributed by atoms with Crippen molar-refractivity contribution < 1.29 is 14.3 Å². The highest BCUT2D eigenvalue weighted by Crippen LogP contribution is 2.19. The Balaban J connectivity index is 1.81. The summed E-state index contributed by atoms with van der Waals surface area (Å²) in [6.07, 6.45) is 0.0927. The number of hydrogen-bond donors (Lipinski definition) is 2. The summed E-state index contributed by atoms with van der Waals surface area (Å²) >= 11 is 0. The monoisotopic (exact) mass is 356 g/mol. The minimum absolute atomic E-state index is 0.0927. The van der Waals surface area contributed by atoms with Gasteiger partial charge in [0.15, 0.2) is 0 Å². The maximum absolute atomic E-state index is 12.1. The van der Waals surface area contributed by atoms with Crippen molar-refractivity contribution >= 4 is 17.3 Å². The van der Waals surface area contributed by atoms with Gasteiger partial charge in [0.05, 0.1) is 19.3 Å². The molecule has 0 saturated heterocycles. The van der Waals surface area contributed by atoms with Crippen molar-refractivity contribution in [2.75, 3.05) is 23.8 Å². The molecule has 1 amide bonds. The van der Waals surface area contributed by atoms with E-state index >= 15 is 0 Å². The van der Waals surface area contributed by atoms with E-state index in [4.69, 9.17) is 9.47 Å². The van der Waals surface area contributed by atoms with Crippen molar-refractivity contribution in [3.8, 4) is 11.5 Å². The van der Waals surface area contributed by atoms with Crippen LogP contribution in [0.15, 0.2) is 48.5 Å². The Morgan fingerprint density at radius 2 is 1.69 bits per heavy atom. The van der Waals surface area contributed by atoms with Gasteiger partial charge >= 0.3 is 0 Å². The molecule has 0 saturated carbocycles. The number of nitrogens with one attached hydrogen (secondary N) is 2. The second-order valence-corrected chi connectivity index (χ2v) is 6.83. The number of amides is 1. The molecule has 0 radical (unpaired) electrons. The fraction of sp³-hybridized carbons (Fsp3) is 0.381. The lowest BCUT2D eigenvalue weighted by molar-refractivity contribution is -0.114. The third-order valence-corrected chi connectivity index (χ3v) is 3.38. The normalized spacial score (nSPS) is 10.7. The third kappa shape index (κ3) is 7.05. The van der Waals surface area contributed by atoms with Crippen molar-refractivity contribution in [1.82, 2.24) is 0 Å². The highest BCUT2D eigenvalue weighted by molar-refractivity contribution is 5.93. The lowest BCUT2D eigenvalue weighted by Gasteiger charge is -2.12. The largest absolute Gasteiger partial charge is 0.493 e. The molecule has 2 aromatic carbocycles.